The molecule has 1 aliphatic rings. The third kappa shape index (κ3) is 4.59. The molecule has 1 aromatic heterocycles. The van der Waals surface area contributed by atoms with Crippen molar-refractivity contribution in [1.82, 2.24) is 10.6 Å². The summed E-state index contributed by atoms with van der Waals surface area (Å²) in [6.45, 7) is 2.53. The van der Waals surface area contributed by atoms with Crippen molar-refractivity contribution in [3.05, 3.63) is 22.4 Å². The normalized spacial score (nSPS) is 24.1. The van der Waals surface area contributed by atoms with Crippen molar-refractivity contribution in [3.8, 4) is 0 Å². The maximum atomic E-state index is 11.9. The number of thiophene rings is 1. The number of rotatable bonds is 5. The molecule has 1 aliphatic carbocycles. The molecule has 4 nitrogen and oxygen atoms in total. The Morgan fingerprint density at radius 1 is 1.50 bits per heavy atom. The van der Waals surface area contributed by atoms with Crippen LogP contribution in [0.3, 0.4) is 0 Å². The third-order valence-corrected chi connectivity index (χ3v) is 6.24. The molecule has 0 radical (unpaired) electrons. The van der Waals surface area contributed by atoms with E-state index in [0.29, 0.717) is 12.3 Å². The van der Waals surface area contributed by atoms with Crippen molar-refractivity contribution in [1.29, 1.82) is 0 Å². The van der Waals surface area contributed by atoms with Gasteiger partial charge in [-0.2, -0.15) is 0 Å². The van der Waals surface area contributed by atoms with E-state index in [9.17, 15) is 9.00 Å². The maximum absolute atomic E-state index is 11.9. The van der Waals surface area contributed by atoms with E-state index in [0.717, 1.165) is 30.6 Å². The summed E-state index contributed by atoms with van der Waals surface area (Å²) in [6, 6.07) is 4.02. The van der Waals surface area contributed by atoms with E-state index in [1.165, 1.54) is 0 Å². The van der Waals surface area contributed by atoms with Crippen LogP contribution >= 0.6 is 11.3 Å². The van der Waals surface area contributed by atoms with Gasteiger partial charge in [0, 0.05) is 32.7 Å². The topological polar surface area (TPSA) is 58.2 Å². The maximum Gasteiger partial charge on any atom is 0.315 e. The Morgan fingerprint density at radius 2 is 2.35 bits per heavy atom. The molecule has 1 saturated carbocycles. The summed E-state index contributed by atoms with van der Waals surface area (Å²) in [4.78, 5) is 13.0. The summed E-state index contributed by atoms with van der Waals surface area (Å²) in [5, 5.41) is 8.13. The van der Waals surface area contributed by atoms with Gasteiger partial charge >= 0.3 is 6.03 Å². The first-order chi connectivity index (χ1) is 9.69. The smallest absolute Gasteiger partial charge is 0.315 e. The number of nitrogens with one attached hydrogen (secondary N) is 2. The standard InChI is InChI=1S/C14H22N2O2S2/c1-2-20(18)13-7-3-5-11(9-13)16-14(17)15-10-12-6-4-8-19-12/h4,6,8,11,13H,2-3,5,7,9-10H2,1H3,(H2,15,16,17)/t11-,13-,20-/m1/s1. The summed E-state index contributed by atoms with van der Waals surface area (Å²) < 4.78 is 11.9. The second-order valence-electron chi connectivity index (χ2n) is 5.06. The highest BCUT2D eigenvalue weighted by molar-refractivity contribution is 7.85. The zero-order valence-electron chi connectivity index (χ0n) is 11.8. The minimum atomic E-state index is -0.747. The average molecular weight is 314 g/mol. The molecule has 20 heavy (non-hydrogen) atoms. The molecule has 0 saturated heterocycles. The van der Waals surface area contributed by atoms with Gasteiger partial charge in [0.15, 0.2) is 0 Å². The van der Waals surface area contributed by atoms with Crippen molar-refractivity contribution >= 4 is 28.2 Å². The van der Waals surface area contributed by atoms with Crippen LogP contribution in [0.5, 0.6) is 0 Å². The summed E-state index contributed by atoms with van der Waals surface area (Å²) >= 11 is 1.64. The Morgan fingerprint density at radius 3 is 3.05 bits per heavy atom. The average Bonchev–Trinajstić information content (AvgIpc) is 2.98. The fourth-order valence-corrected chi connectivity index (χ4v) is 4.56. The van der Waals surface area contributed by atoms with Crippen LogP contribution in [0, 0.1) is 0 Å². The van der Waals surface area contributed by atoms with Crippen LogP contribution in [0.4, 0.5) is 4.79 Å². The fraction of sp³-hybridized carbons (Fsp3) is 0.643. The Kier molecular flexibility index (Phi) is 6.04. The van der Waals surface area contributed by atoms with Crippen LogP contribution in [0.1, 0.15) is 37.5 Å². The SMILES string of the molecule is CC[S@@](=O)[C@@H]1CCC[C@@H](NC(=O)NCc2cccs2)C1. The van der Waals surface area contributed by atoms with Gasteiger partial charge in [0.1, 0.15) is 0 Å². The Bertz CT molecular complexity index is 448. The van der Waals surface area contributed by atoms with Crippen molar-refractivity contribution in [2.45, 2.75) is 50.4 Å². The van der Waals surface area contributed by atoms with E-state index in [4.69, 9.17) is 0 Å². The van der Waals surface area contributed by atoms with Gasteiger partial charge in [-0.25, -0.2) is 4.79 Å². The molecule has 1 aromatic rings. The molecule has 6 heteroatoms. The molecule has 0 aliphatic heterocycles. The molecule has 0 aromatic carbocycles. The van der Waals surface area contributed by atoms with Crippen LogP contribution in [0.15, 0.2) is 17.5 Å². The molecule has 112 valence electrons. The minimum Gasteiger partial charge on any atom is -0.335 e. The Labute approximate surface area is 126 Å². The van der Waals surface area contributed by atoms with Gasteiger partial charge < -0.3 is 10.6 Å². The molecule has 3 atom stereocenters. The lowest BCUT2D eigenvalue weighted by Gasteiger charge is -2.29. The predicted octanol–water partition coefficient (Wildman–Crippen LogP) is 2.63. The Hall–Kier alpha value is -0.880. The van der Waals surface area contributed by atoms with Gasteiger partial charge in [-0.3, -0.25) is 4.21 Å². The van der Waals surface area contributed by atoms with E-state index in [1.807, 2.05) is 24.4 Å². The first-order valence-electron chi connectivity index (χ1n) is 7.13. The third-order valence-electron chi connectivity index (χ3n) is 3.62. The summed E-state index contributed by atoms with van der Waals surface area (Å²) in [5.41, 5.74) is 0. The number of amides is 2. The van der Waals surface area contributed by atoms with Gasteiger partial charge in [-0.05, 0) is 30.7 Å². The van der Waals surface area contributed by atoms with E-state index in [1.54, 1.807) is 11.3 Å². The number of hydrogen-bond donors (Lipinski definition) is 2. The number of urea groups is 1. The minimum absolute atomic E-state index is 0.119. The Balaban J connectivity index is 1.74. The summed E-state index contributed by atoms with van der Waals surface area (Å²) in [6.07, 6.45) is 3.90. The van der Waals surface area contributed by atoms with Gasteiger partial charge in [-0.1, -0.05) is 19.4 Å². The quantitative estimate of drug-likeness (QED) is 0.878. The van der Waals surface area contributed by atoms with Crippen LogP contribution < -0.4 is 10.6 Å². The molecule has 2 rings (SSSR count). The highest BCUT2D eigenvalue weighted by Gasteiger charge is 2.26. The highest BCUT2D eigenvalue weighted by atomic mass is 32.2. The largest absolute Gasteiger partial charge is 0.335 e. The van der Waals surface area contributed by atoms with E-state index in [-0.39, 0.29) is 17.3 Å². The monoisotopic (exact) mass is 314 g/mol. The second-order valence-corrected chi connectivity index (χ2v) is 8.10. The van der Waals surface area contributed by atoms with E-state index >= 15 is 0 Å². The van der Waals surface area contributed by atoms with Crippen molar-refractivity contribution in [2.24, 2.45) is 0 Å². The van der Waals surface area contributed by atoms with Gasteiger partial charge in [-0.15, -0.1) is 11.3 Å². The van der Waals surface area contributed by atoms with Crippen LogP contribution in [-0.4, -0.2) is 27.3 Å². The van der Waals surface area contributed by atoms with Gasteiger partial charge in [0.25, 0.3) is 0 Å². The molecule has 0 unspecified atom stereocenters. The van der Waals surface area contributed by atoms with Crippen LogP contribution in [0.25, 0.3) is 0 Å². The summed E-state index contributed by atoms with van der Waals surface area (Å²) in [5.74, 6) is 0.710. The zero-order chi connectivity index (χ0) is 14.4. The van der Waals surface area contributed by atoms with Crippen molar-refractivity contribution in [2.75, 3.05) is 5.75 Å². The molecule has 1 heterocycles. The molecule has 1 fully saturated rings. The zero-order valence-corrected chi connectivity index (χ0v) is 13.4. The lowest BCUT2D eigenvalue weighted by molar-refractivity contribution is 0.232. The molecule has 2 N–H and O–H groups in total. The summed E-state index contributed by atoms with van der Waals surface area (Å²) in [7, 11) is -0.747. The molecular formula is C14H22N2O2S2. The lowest BCUT2D eigenvalue weighted by Crippen LogP contribution is -2.45. The van der Waals surface area contributed by atoms with E-state index in [2.05, 4.69) is 10.6 Å². The number of carbonyl (C=O) groups is 1. The molecular weight excluding hydrogens is 292 g/mol. The van der Waals surface area contributed by atoms with Gasteiger partial charge in [0.05, 0.1) is 6.54 Å². The van der Waals surface area contributed by atoms with Crippen molar-refractivity contribution < 1.29 is 9.00 Å². The molecule has 0 spiro atoms. The van der Waals surface area contributed by atoms with Crippen LogP contribution in [-0.2, 0) is 17.3 Å². The van der Waals surface area contributed by atoms with Crippen LogP contribution in [0.2, 0.25) is 0 Å². The van der Waals surface area contributed by atoms with Gasteiger partial charge in [0.2, 0.25) is 0 Å². The molecule has 0 bridgehead atoms. The van der Waals surface area contributed by atoms with Crippen molar-refractivity contribution in [3.63, 3.8) is 0 Å². The second kappa shape index (κ2) is 7.78. The highest BCUT2D eigenvalue weighted by Crippen LogP contribution is 2.22. The predicted molar refractivity (Wildman–Crippen MR) is 84.4 cm³/mol. The van der Waals surface area contributed by atoms with E-state index < -0.39 is 10.8 Å². The fourth-order valence-electron chi connectivity index (χ4n) is 2.57. The number of carbonyl (C=O) groups excluding carboxylic acids is 1. The first kappa shape index (κ1) is 15.5. The lowest BCUT2D eigenvalue weighted by atomic mass is 9.95. The molecule has 2 amide bonds. The number of hydrogen-bond acceptors (Lipinski definition) is 3. The first-order valence-corrected chi connectivity index (χ1v) is 9.39.